The number of hydrogen-bond acceptors (Lipinski definition) is 7. The van der Waals surface area contributed by atoms with Crippen LogP contribution in [0.4, 0.5) is 0 Å². The minimum atomic E-state index is -0.354. The summed E-state index contributed by atoms with van der Waals surface area (Å²) in [6.07, 6.45) is 3.17. The SMILES string of the molecule is NC(=O)CCCCCc1oc2cc(OCCCO)c(O)cc2c1C(=O)c1cc(Br)c(O)c(Br)c1. The van der Waals surface area contributed by atoms with Crippen LogP contribution >= 0.6 is 31.9 Å². The molecule has 2 aromatic carbocycles. The van der Waals surface area contributed by atoms with Gasteiger partial charge >= 0.3 is 0 Å². The van der Waals surface area contributed by atoms with Crippen LogP contribution in [0.5, 0.6) is 17.2 Å². The molecular formula is C24H25Br2NO7. The number of fused-ring (bicyclic) bond motifs is 1. The Morgan fingerprint density at radius 1 is 1.00 bits per heavy atom. The van der Waals surface area contributed by atoms with Gasteiger partial charge in [0.1, 0.15) is 17.1 Å². The van der Waals surface area contributed by atoms with Gasteiger partial charge in [0.15, 0.2) is 17.3 Å². The van der Waals surface area contributed by atoms with E-state index in [9.17, 15) is 19.8 Å². The number of ether oxygens (including phenoxy) is 1. The van der Waals surface area contributed by atoms with E-state index < -0.39 is 0 Å². The average molecular weight is 599 g/mol. The summed E-state index contributed by atoms with van der Waals surface area (Å²) in [4.78, 5) is 24.5. The maximum Gasteiger partial charge on any atom is 0.217 e. The zero-order valence-corrected chi connectivity index (χ0v) is 21.4. The van der Waals surface area contributed by atoms with E-state index in [-0.39, 0.29) is 42.2 Å². The van der Waals surface area contributed by atoms with E-state index in [2.05, 4.69) is 31.9 Å². The Bertz CT molecular complexity index is 1180. The number of aryl methyl sites for hydroxylation is 1. The molecule has 3 aromatic rings. The number of furan rings is 1. The highest BCUT2D eigenvalue weighted by atomic mass is 79.9. The first-order chi connectivity index (χ1) is 16.2. The molecule has 8 nitrogen and oxygen atoms in total. The van der Waals surface area contributed by atoms with Crippen LogP contribution < -0.4 is 10.5 Å². The van der Waals surface area contributed by atoms with E-state index in [0.717, 1.165) is 6.42 Å². The number of carbonyl (C=O) groups is 2. The summed E-state index contributed by atoms with van der Waals surface area (Å²) < 4.78 is 12.3. The standard InChI is InChI=1S/C24H25Br2NO7/c25-15-9-13(10-16(26)24(15)32)23(31)22-14-11-17(29)20(33-8-4-7-28)12-19(14)34-18(22)5-2-1-3-6-21(27)30/h9-12,28-29,32H,1-8H2,(H2,27,30). The first-order valence-corrected chi connectivity index (χ1v) is 12.3. The van der Waals surface area contributed by atoms with Gasteiger partial charge in [0, 0.05) is 42.9 Å². The molecule has 182 valence electrons. The first kappa shape index (κ1) is 26.1. The van der Waals surface area contributed by atoms with Gasteiger partial charge in [0.2, 0.25) is 5.91 Å². The van der Waals surface area contributed by atoms with Gasteiger partial charge in [-0.25, -0.2) is 0 Å². The number of ketones is 1. The van der Waals surface area contributed by atoms with Crippen LogP contribution in [0.2, 0.25) is 0 Å². The van der Waals surface area contributed by atoms with Gasteiger partial charge in [-0.05, 0) is 62.9 Å². The van der Waals surface area contributed by atoms with Gasteiger partial charge in [0.25, 0.3) is 0 Å². The largest absolute Gasteiger partial charge is 0.506 e. The quantitative estimate of drug-likeness (QED) is 0.171. The molecule has 0 atom stereocenters. The fourth-order valence-electron chi connectivity index (χ4n) is 3.55. The van der Waals surface area contributed by atoms with Gasteiger partial charge in [-0.15, -0.1) is 0 Å². The van der Waals surface area contributed by atoms with Gasteiger partial charge in [0.05, 0.1) is 21.1 Å². The van der Waals surface area contributed by atoms with Gasteiger partial charge in [-0.3, -0.25) is 9.59 Å². The lowest BCUT2D eigenvalue weighted by atomic mass is 9.97. The summed E-state index contributed by atoms with van der Waals surface area (Å²) >= 11 is 6.50. The van der Waals surface area contributed by atoms with Crippen molar-refractivity contribution in [1.29, 1.82) is 0 Å². The summed E-state index contributed by atoms with van der Waals surface area (Å²) in [6, 6.07) is 5.99. The van der Waals surface area contributed by atoms with Crippen molar-refractivity contribution in [1.82, 2.24) is 0 Å². The van der Waals surface area contributed by atoms with Gasteiger partial charge in [-0.2, -0.15) is 0 Å². The number of phenolic OH excluding ortho intramolecular Hbond substituents is 2. The molecule has 1 heterocycles. The summed E-state index contributed by atoms with van der Waals surface area (Å²) in [7, 11) is 0. The third-order valence-corrected chi connectivity index (χ3v) is 6.44. The van der Waals surface area contributed by atoms with Crippen molar-refractivity contribution in [2.75, 3.05) is 13.2 Å². The Hall–Kier alpha value is -2.56. The summed E-state index contributed by atoms with van der Waals surface area (Å²) in [5.74, 6) is -0.219. The normalized spacial score (nSPS) is 11.1. The summed E-state index contributed by atoms with van der Waals surface area (Å²) in [6.45, 7) is 0.171. The monoisotopic (exact) mass is 597 g/mol. The number of benzene rings is 2. The molecule has 0 spiro atoms. The number of nitrogens with two attached hydrogens (primary N) is 1. The van der Waals surface area contributed by atoms with E-state index in [1.54, 1.807) is 0 Å². The van der Waals surface area contributed by atoms with Crippen LogP contribution in [0.25, 0.3) is 11.0 Å². The number of carbonyl (C=O) groups excluding carboxylic acids is 2. The first-order valence-electron chi connectivity index (χ1n) is 10.8. The van der Waals surface area contributed by atoms with E-state index in [1.807, 2.05) is 0 Å². The number of hydrogen-bond donors (Lipinski definition) is 4. The molecular weight excluding hydrogens is 574 g/mol. The Kier molecular flexibility index (Phi) is 8.98. The molecule has 10 heteroatoms. The van der Waals surface area contributed by atoms with Gasteiger partial charge < -0.3 is 30.2 Å². The zero-order chi connectivity index (χ0) is 24.8. The molecule has 0 saturated heterocycles. The highest BCUT2D eigenvalue weighted by Gasteiger charge is 2.25. The number of aliphatic hydroxyl groups is 1. The Morgan fingerprint density at radius 2 is 1.71 bits per heavy atom. The fourth-order valence-corrected chi connectivity index (χ4v) is 4.74. The molecule has 0 radical (unpaired) electrons. The van der Waals surface area contributed by atoms with Crippen LogP contribution in [-0.4, -0.2) is 40.2 Å². The van der Waals surface area contributed by atoms with Crippen molar-refractivity contribution in [2.45, 2.75) is 38.5 Å². The highest BCUT2D eigenvalue weighted by molar-refractivity contribution is 9.11. The molecule has 1 amide bonds. The van der Waals surface area contributed by atoms with Crippen molar-refractivity contribution in [3.8, 4) is 17.2 Å². The van der Waals surface area contributed by atoms with Crippen LogP contribution in [-0.2, 0) is 11.2 Å². The molecule has 1 aromatic heterocycles. The Labute approximate surface area is 213 Å². The van der Waals surface area contributed by atoms with Gasteiger partial charge in [-0.1, -0.05) is 6.42 Å². The van der Waals surface area contributed by atoms with Crippen molar-refractivity contribution >= 4 is 54.5 Å². The predicted octanol–water partition coefficient (Wildman–Crippen LogP) is 4.95. The third kappa shape index (κ3) is 6.11. The molecule has 0 unspecified atom stereocenters. The maximum absolute atomic E-state index is 13.6. The van der Waals surface area contributed by atoms with Crippen molar-refractivity contribution in [2.24, 2.45) is 5.73 Å². The van der Waals surface area contributed by atoms with Crippen LogP contribution in [0.3, 0.4) is 0 Å². The van der Waals surface area contributed by atoms with Crippen molar-refractivity contribution in [3.05, 3.63) is 50.1 Å². The molecule has 34 heavy (non-hydrogen) atoms. The predicted molar refractivity (Wildman–Crippen MR) is 133 cm³/mol. The number of primary amides is 1. The maximum atomic E-state index is 13.6. The minimum Gasteiger partial charge on any atom is -0.506 e. The number of amides is 1. The lowest BCUT2D eigenvalue weighted by Crippen LogP contribution is -2.09. The lowest BCUT2D eigenvalue weighted by Gasteiger charge is -2.08. The molecule has 0 saturated carbocycles. The Balaban J connectivity index is 2.00. The molecule has 0 aliphatic rings. The zero-order valence-electron chi connectivity index (χ0n) is 18.3. The average Bonchev–Trinajstić information content (AvgIpc) is 3.13. The lowest BCUT2D eigenvalue weighted by molar-refractivity contribution is -0.118. The third-order valence-electron chi connectivity index (χ3n) is 5.24. The highest BCUT2D eigenvalue weighted by Crippen LogP contribution is 2.39. The second-order valence-electron chi connectivity index (χ2n) is 7.79. The van der Waals surface area contributed by atoms with Crippen LogP contribution in [0.15, 0.2) is 37.6 Å². The fraction of sp³-hybridized carbons (Fsp3) is 0.333. The van der Waals surface area contributed by atoms with Crippen molar-refractivity contribution in [3.63, 3.8) is 0 Å². The smallest absolute Gasteiger partial charge is 0.217 e. The second-order valence-corrected chi connectivity index (χ2v) is 9.50. The molecule has 5 N–H and O–H groups in total. The number of aromatic hydroxyl groups is 2. The van der Waals surface area contributed by atoms with Crippen molar-refractivity contribution < 1.29 is 34.1 Å². The molecule has 0 fully saturated rings. The van der Waals surface area contributed by atoms with Crippen LogP contribution in [0, 0.1) is 0 Å². The topological polar surface area (TPSA) is 143 Å². The van der Waals surface area contributed by atoms with Crippen LogP contribution in [0.1, 0.15) is 53.8 Å². The number of rotatable bonds is 12. The summed E-state index contributed by atoms with van der Waals surface area (Å²) in [5, 5.41) is 29.9. The number of unbranched alkanes of at least 4 members (excludes halogenated alkanes) is 2. The van der Waals surface area contributed by atoms with E-state index in [4.69, 9.17) is 20.0 Å². The van der Waals surface area contributed by atoms with E-state index in [1.165, 1.54) is 24.3 Å². The number of halogens is 2. The molecule has 0 bridgehead atoms. The number of aliphatic hydroxyl groups excluding tert-OH is 1. The second kappa shape index (κ2) is 11.7. The van der Waals surface area contributed by atoms with E-state index >= 15 is 0 Å². The van der Waals surface area contributed by atoms with E-state index in [0.29, 0.717) is 68.9 Å². The summed E-state index contributed by atoms with van der Waals surface area (Å²) in [5.41, 5.74) is 6.20. The Morgan fingerprint density at radius 3 is 2.35 bits per heavy atom. The molecule has 0 aliphatic heterocycles. The molecule has 3 rings (SSSR count). The number of phenols is 2. The minimum absolute atomic E-state index is 0.0226. The molecule has 0 aliphatic carbocycles.